The molecule has 0 atom stereocenters. The fourth-order valence-electron chi connectivity index (χ4n) is 2.02. The first kappa shape index (κ1) is 14.4. The molecule has 0 radical (unpaired) electrons. The van der Waals surface area contributed by atoms with Crippen molar-refractivity contribution in [3.05, 3.63) is 57.9 Å². The van der Waals surface area contributed by atoms with E-state index in [9.17, 15) is 4.79 Å². The molecule has 108 valence electrons. The van der Waals surface area contributed by atoms with Crippen LogP contribution in [0.25, 0.3) is 10.1 Å². The molecule has 0 saturated carbocycles. The molecule has 0 spiro atoms. The number of nitrogens with one attached hydrogen (secondary N) is 1. The Hall–Kier alpha value is -2.49. The molecule has 0 aliphatic carbocycles. The number of rotatable bonds is 3. The molecule has 1 amide bonds. The van der Waals surface area contributed by atoms with Gasteiger partial charge in [0.1, 0.15) is 11.8 Å². The second-order valence-electron chi connectivity index (χ2n) is 4.50. The van der Waals surface area contributed by atoms with Gasteiger partial charge in [0.15, 0.2) is 0 Å². The summed E-state index contributed by atoms with van der Waals surface area (Å²) in [6, 6.07) is 7.26. The van der Waals surface area contributed by atoms with Gasteiger partial charge in [-0.25, -0.2) is 0 Å². The minimum Gasteiger partial charge on any atom is -0.347 e. The summed E-state index contributed by atoms with van der Waals surface area (Å²) in [5.41, 5.74) is 1.55. The number of nitriles is 1. The zero-order valence-electron chi connectivity index (χ0n) is 11.2. The van der Waals surface area contributed by atoms with Gasteiger partial charge in [0, 0.05) is 35.2 Å². The average Bonchev–Trinajstić information content (AvgIpc) is 2.92. The van der Waals surface area contributed by atoms with E-state index in [-0.39, 0.29) is 12.5 Å². The van der Waals surface area contributed by atoms with E-state index in [1.165, 1.54) is 17.5 Å². The Morgan fingerprint density at radius 3 is 3.09 bits per heavy atom. The van der Waals surface area contributed by atoms with Crippen molar-refractivity contribution in [1.29, 1.82) is 5.26 Å². The smallest absolute Gasteiger partial charge is 0.270 e. The van der Waals surface area contributed by atoms with Crippen LogP contribution in [0, 0.1) is 11.3 Å². The van der Waals surface area contributed by atoms with Gasteiger partial charge in [-0.15, -0.1) is 11.3 Å². The van der Waals surface area contributed by atoms with E-state index in [2.05, 4.69) is 15.3 Å². The van der Waals surface area contributed by atoms with Crippen LogP contribution in [0.1, 0.15) is 21.6 Å². The van der Waals surface area contributed by atoms with Gasteiger partial charge in [-0.1, -0.05) is 11.6 Å². The first-order chi connectivity index (χ1) is 10.7. The average molecular weight is 329 g/mol. The maximum atomic E-state index is 12.3. The number of hydrogen-bond donors (Lipinski definition) is 1. The summed E-state index contributed by atoms with van der Waals surface area (Å²) in [5.74, 6) is -0.289. The van der Waals surface area contributed by atoms with Crippen LogP contribution in [0.15, 0.2) is 36.8 Å². The third-order valence-corrected chi connectivity index (χ3v) is 4.24. The van der Waals surface area contributed by atoms with Crippen LogP contribution in [0.3, 0.4) is 0 Å². The Kier molecular flexibility index (Phi) is 4.00. The number of amides is 1. The van der Waals surface area contributed by atoms with Crippen LogP contribution in [-0.2, 0) is 6.54 Å². The van der Waals surface area contributed by atoms with Crippen molar-refractivity contribution in [2.45, 2.75) is 6.54 Å². The molecule has 0 aliphatic heterocycles. The van der Waals surface area contributed by atoms with Crippen LogP contribution < -0.4 is 5.32 Å². The zero-order valence-corrected chi connectivity index (χ0v) is 12.8. The SMILES string of the molecule is N#Cc1cncc(CNC(=O)c2nccc3sc(Cl)cc23)c1. The maximum Gasteiger partial charge on any atom is 0.270 e. The molecule has 0 saturated heterocycles. The molecule has 7 heteroatoms. The van der Waals surface area contributed by atoms with E-state index < -0.39 is 0 Å². The predicted octanol–water partition coefficient (Wildman–Crippen LogP) is 3.15. The number of carbonyl (C=O) groups excluding carboxylic acids is 1. The monoisotopic (exact) mass is 328 g/mol. The second kappa shape index (κ2) is 6.10. The lowest BCUT2D eigenvalue weighted by atomic mass is 10.2. The van der Waals surface area contributed by atoms with Crippen LogP contribution in [0.4, 0.5) is 0 Å². The Labute approximate surface area is 135 Å². The highest BCUT2D eigenvalue weighted by atomic mass is 35.5. The summed E-state index contributed by atoms with van der Waals surface area (Å²) >= 11 is 7.39. The fraction of sp³-hybridized carbons (Fsp3) is 0.0667. The molecule has 0 fully saturated rings. The van der Waals surface area contributed by atoms with Gasteiger partial charge in [0.2, 0.25) is 0 Å². The van der Waals surface area contributed by atoms with Crippen molar-refractivity contribution in [2.24, 2.45) is 0 Å². The molecule has 5 nitrogen and oxygen atoms in total. The fourth-order valence-corrected chi connectivity index (χ4v) is 3.16. The number of thiophene rings is 1. The normalized spacial score (nSPS) is 10.4. The lowest BCUT2D eigenvalue weighted by molar-refractivity contribution is 0.0948. The molecule has 3 aromatic rings. The highest BCUT2D eigenvalue weighted by molar-refractivity contribution is 7.22. The molecule has 0 bridgehead atoms. The van der Waals surface area contributed by atoms with E-state index in [4.69, 9.17) is 16.9 Å². The van der Waals surface area contributed by atoms with Gasteiger partial charge in [-0.05, 0) is 23.8 Å². The molecule has 0 unspecified atom stereocenters. The molecule has 0 aliphatic rings. The van der Waals surface area contributed by atoms with E-state index >= 15 is 0 Å². The Morgan fingerprint density at radius 1 is 1.41 bits per heavy atom. The third kappa shape index (κ3) is 2.91. The number of fused-ring (bicyclic) bond motifs is 1. The van der Waals surface area contributed by atoms with Crippen LogP contribution in [-0.4, -0.2) is 15.9 Å². The lowest BCUT2D eigenvalue weighted by Crippen LogP contribution is -2.24. The van der Waals surface area contributed by atoms with Gasteiger partial charge in [-0.2, -0.15) is 5.26 Å². The van der Waals surface area contributed by atoms with Gasteiger partial charge in [-0.3, -0.25) is 14.8 Å². The van der Waals surface area contributed by atoms with Crippen molar-refractivity contribution in [3.63, 3.8) is 0 Å². The summed E-state index contributed by atoms with van der Waals surface area (Å²) in [5, 5.41) is 12.4. The van der Waals surface area contributed by atoms with Gasteiger partial charge in [0.25, 0.3) is 5.91 Å². The summed E-state index contributed by atoms with van der Waals surface area (Å²) in [6.45, 7) is 0.275. The number of nitrogens with zero attached hydrogens (tertiary/aromatic N) is 3. The second-order valence-corrected chi connectivity index (χ2v) is 6.21. The number of halogens is 1. The molecular weight excluding hydrogens is 320 g/mol. The summed E-state index contributed by atoms with van der Waals surface area (Å²) in [6.07, 6.45) is 4.67. The molecule has 22 heavy (non-hydrogen) atoms. The topological polar surface area (TPSA) is 78.7 Å². The Morgan fingerprint density at radius 2 is 2.27 bits per heavy atom. The summed E-state index contributed by atoms with van der Waals surface area (Å²) < 4.78 is 1.53. The Bertz CT molecular complexity index is 900. The van der Waals surface area contributed by atoms with Gasteiger partial charge < -0.3 is 5.32 Å². The van der Waals surface area contributed by atoms with Crippen LogP contribution in [0.2, 0.25) is 4.34 Å². The minimum absolute atomic E-state index is 0.275. The van der Waals surface area contributed by atoms with E-state index in [1.807, 2.05) is 12.1 Å². The van der Waals surface area contributed by atoms with Crippen molar-refractivity contribution >= 4 is 38.9 Å². The number of pyridine rings is 2. The van der Waals surface area contributed by atoms with Crippen LogP contribution >= 0.6 is 22.9 Å². The highest BCUT2D eigenvalue weighted by Gasteiger charge is 2.13. The third-order valence-electron chi connectivity index (χ3n) is 3.01. The number of hydrogen-bond acceptors (Lipinski definition) is 5. The molecule has 0 aromatic carbocycles. The van der Waals surface area contributed by atoms with E-state index in [0.29, 0.717) is 15.6 Å². The zero-order chi connectivity index (χ0) is 15.5. The Balaban J connectivity index is 1.80. The van der Waals surface area contributed by atoms with E-state index in [1.54, 1.807) is 24.5 Å². The van der Waals surface area contributed by atoms with E-state index in [0.717, 1.165) is 15.6 Å². The largest absolute Gasteiger partial charge is 0.347 e. The number of carbonyl (C=O) groups is 1. The predicted molar refractivity (Wildman–Crippen MR) is 84.8 cm³/mol. The van der Waals surface area contributed by atoms with Gasteiger partial charge in [0.05, 0.1) is 9.90 Å². The number of aromatic nitrogens is 2. The molecular formula is C15H9ClN4OS. The molecule has 3 rings (SSSR count). The molecule has 3 aromatic heterocycles. The lowest BCUT2D eigenvalue weighted by Gasteiger charge is -2.05. The standard InChI is InChI=1S/C15H9ClN4OS/c16-13-4-11-12(22-13)1-2-19-14(11)15(21)20-8-10-3-9(5-17)6-18-7-10/h1-4,6-7H,8H2,(H,20,21). The highest BCUT2D eigenvalue weighted by Crippen LogP contribution is 2.30. The van der Waals surface area contributed by atoms with Crippen LogP contribution in [0.5, 0.6) is 0 Å². The van der Waals surface area contributed by atoms with Gasteiger partial charge >= 0.3 is 0 Å². The maximum absolute atomic E-state index is 12.3. The summed E-state index contributed by atoms with van der Waals surface area (Å²) in [7, 11) is 0. The van der Waals surface area contributed by atoms with Crippen molar-refractivity contribution in [1.82, 2.24) is 15.3 Å². The minimum atomic E-state index is -0.289. The first-order valence-electron chi connectivity index (χ1n) is 6.33. The van der Waals surface area contributed by atoms with Crippen molar-refractivity contribution in [3.8, 4) is 6.07 Å². The molecule has 3 heterocycles. The van der Waals surface area contributed by atoms with Crippen molar-refractivity contribution in [2.75, 3.05) is 0 Å². The first-order valence-corrected chi connectivity index (χ1v) is 7.53. The summed E-state index contributed by atoms with van der Waals surface area (Å²) in [4.78, 5) is 20.4. The molecule has 1 N–H and O–H groups in total. The van der Waals surface area contributed by atoms with Crippen molar-refractivity contribution < 1.29 is 4.79 Å². The quantitative estimate of drug-likeness (QED) is 0.801.